The highest BCUT2D eigenvalue weighted by Crippen LogP contribution is 2.51. The second kappa shape index (κ2) is 10.1. The van der Waals surface area contributed by atoms with E-state index in [-0.39, 0.29) is 41.9 Å². The van der Waals surface area contributed by atoms with Crippen LogP contribution in [0.5, 0.6) is 0 Å². The number of likely N-dealkylation sites (tertiary alicyclic amines) is 1. The number of nitrogens with one attached hydrogen (secondary N) is 4. The Bertz CT molecular complexity index is 993. The van der Waals surface area contributed by atoms with Crippen LogP contribution in [-0.4, -0.2) is 45.9 Å². The number of rotatable bonds is 6. The molecule has 2 aromatic rings. The van der Waals surface area contributed by atoms with Gasteiger partial charge in [0.25, 0.3) is 0 Å². The van der Waals surface area contributed by atoms with Crippen molar-refractivity contribution in [2.75, 3.05) is 18.4 Å². The summed E-state index contributed by atoms with van der Waals surface area (Å²) >= 11 is 0. The van der Waals surface area contributed by atoms with Crippen LogP contribution >= 0.6 is 0 Å². The number of fused-ring (bicyclic) bond motifs is 3. The van der Waals surface area contributed by atoms with Gasteiger partial charge in [-0.2, -0.15) is 0 Å². The van der Waals surface area contributed by atoms with Crippen LogP contribution in [0.15, 0.2) is 36.7 Å². The van der Waals surface area contributed by atoms with Crippen molar-refractivity contribution < 1.29 is 9.59 Å². The van der Waals surface area contributed by atoms with Crippen molar-refractivity contribution in [3.8, 4) is 0 Å². The Morgan fingerprint density at radius 3 is 2.85 bits per heavy atom. The van der Waals surface area contributed by atoms with Crippen molar-refractivity contribution in [1.82, 2.24) is 25.5 Å². The molecule has 182 valence electrons. The quantitative estimate of drug-likeness (QED) is 0.483. The maximum Gasteiger partial charge on any atom is 0.315 e. The third-order valence-electron chi connectivity index (χ3n) is 7.78. The molecule has 1 aromatic heterocycles. The molecule has 3 aliphatic rings. The maximum absolute atomic E-state index is 14.0. The van der Waals surface area contributed by atoms with Gasteiger partial charge in [0.1, 0.15) is 5.82 Å². The number of carbonyl (C=O) groups excluding carboxylic acids is 2. The van der Waals surface area contributed by atoms with E-state index in [0.29, 0.717) is 6.54 Å². The molecule has 34 heavy (non-hydrogen) atoms. The minimum absolute atomic E-state index is 0.0148. The van der Waals surface area contributed by atoms with E-state index in [1.165, 1.54) is 5.56 Å². The number of benzene rings is 1. The van der Waals surface area contributed by atoms with E-state index in [1.54, 1.807) is 6.20 Å². The van der Waals surface area contributed by atoms with Gasteiger partial charge in [-0.15, -0.1) is 0 Å². The van der Waals surface area contributed by atoms with E-state index in [2.05, 4.69) is 55.9 Å². The van der Waals surface area contributed by atoms with Crippen molar-refractivity contribution in [2.45, 2.75) is 70.0 Å². The Morgan fingerprint density at radius 1 is 1.18 bits per heavy atom. The molecular weight excluding hydrogens is 428 g/mol. The standard InChI is InChI=1S/C26H36N6O2/c1-2-3-13-29-26(34)31-21-11-7-5-9-18(21)25(33)32-16-12-19-22(24-27-14-15-28-24)30-20-10-6-4-8-17(20)23(19)32/h4,6,8,10,14-15,18-19,21-23,30H,2-3,5,7,9,11-13,16H2,1H3,(H,27,28)(H2,29,31,34)/t18-,19+,21+,22+,23-/m0/s1. The van der Waals surface area contributed by atoms with Crippen LogP contribution in [0.4, 0.5) is 10.5 Å². The number of H-pyrrole nitrogens is 1. The molecule has 2 fully saturated rings. The normalized spacial score (nSPS) is 27.9. The molecule has 0 bridgehead atoms. The molecule has 1 saturated carbocycles. The first-order valence-corrected chi connectivity index (χ1v) is 12.9. The van der Waals surface area contributed by atoms with Gasteiger partial charge >= 0.3 is 6.03 Å². The lowest BCUT2D eigenvalue weighted by molar-refractivity contribution is -0.138. The number of hydrogen-bond acceptors (Lipinski definition) is 4. The van der Waals surface area contributed by atoms with Crippen molar-refractivity contribution in [1.29, 1.82) is 0 Å². The van der Waals surface area contributed by atoms with Crippen molar-refractivity contribution in [3.05, 3.63) is 48.0 Å². The second-order valence-electron chi connectivity index (χ2n) is 9.86. The van der Waals surface area contributed by atoms with E-state index < -0.39 is 0 Å². The van der Waals surface area contributed by atoms with Crippen molar-refractivity contribution in [3.63, 3.8) is 0 Å². The number of anilines is 1. The summed E-state index contributed by atoms with van der Waals surface area (Å²) < 4.78 is 0. The third-order valence-corrected chi connectivity index (χ3v) is 7.78. The number of aromatic nitrogens is 2. The second-order valence-corrected chi connectivity index (χ2v) is 9.86. The number of aromatic amines is 1. The fourth-order valence-corrected chi connectivity index (χ4v) is 6.10. The van der Waals surface area contributed by atoms with Crippen molar-refractivity contribution in [2.24, 2.45) is 11.8 Å². The Hall–Kier alpha value is -3.03. The number of amides is 3. The Morgan fingerprint density at radius 2 is 2.03 bits per heavy atom. The highest BCUT2D eigenvalue weighted by molar-refractivity contribution is 5.82. The molecule has 1 saturated heterocycles. The summed E-state index contributed by atoms with van der Waals surface area (Å²) in [5.74, 6) is 1.17. The van der Waals surface area contributed by atoms with Crippen LogP contribution in [0.1, 0.15) is 75.3 Å². The summed E-state index contributed by atoms with van der Waals surface area (Å²) in [4.78, 5) is 36.4. The van der Waals surface area contributed by atoms with Crippen LogP contribution in [0.25, 0.3) is 0 Å². The number of nitrogens with zero attached hydrogens (tertiary/aromatic N) is 2. The Balaban J connectivity index is 1.37. The van der Waals surface area contributed by atoms with Gasteiger partial charge in [-0.1, -0.05) is 44.4 Å². The summed E-state index contributed by atoms with van der Waals surface area (Å²) in [6.07, 6.45) is 10.3. The van der Waals surface area contributed by atoms with Crippen molar-refractivity contribution >= 4 is 17.6 Å². The molecular formula is C26H36N6O2. The highest BCUT2D eigenvalue weighted by Gasteiger charge is 2.49. The van der Waals surface area contributed by atoms with Gasteiger partial charge in [0.2, 0.25) is 5.91 Å². The zero-order valence-electron chi connectivity index (χ0n) is 19.9. The van der Waals surface area contributed by atoms with E-state index in [4.69, 9.17) is 0 Å². The van der Waals surface area contributed by atoms with Gasteiger partial charge in [0.15, 0.2) is 0 Å². The monoisotopic (exact) mass is 464 g/mol. The zero-order chi connectivity index (χ0) is 23.5. The van der Waals surface area contributed by atoms with Gasteiger partial charge in [-0.25, -0.2) is 9.78 Å². The summed E-state index contributed by atoms with van der Waals surface area (Å²) in [5, 5.41) is 9.75. The number of hydrogen-bond donors (Lipinski definition) is 4. The zero-order valence-corrected chi connectivity index (χ0v) is 19.9. The predicted octanol–water partition coefficient (Wildman–Crippen LogP) is 4.12. The molecule has 0 unspecified atom stereocenters. The fourth-order valence-electron chi connectivity index (χ4n) is 6.10. The lowest BCUT2D eigenvalue weighted by Gasteiger charge is -2.41. The number of imidazole rings is 1. The van der Waals surface area contributed by atoms with Gasteiger partial charge < -0.3 is 25.8 Å². The van der Waals surface area contributed by atoms with Crippen LogP contribution in [0.2, 0.25) is 0 Å². The molecule has 3 heterocycles. The SMILES string of the molecule is CCCCNC(=O)N[C@@H]1CCCC[C@@H]1C(=O)N1CC[C@@H]2[C@H](c3ncc[nH]3)Nc3ccccc3[C@@H]21. The van der Waals surface area contributed by atoms with Gasteiger partial charge in [0.05, 0.1) is 18.0 Å². The minimum Gasteiger partial charge on any atom is -0.375 e. The lowest BCUT2D eigenvalue weighted by atomic mass is 9.81. The third kappa shape index (κ3) is 4.38. The average Bonchev–Trinajstić information content (AvgIpc) is 3.54. The van der Waals surface area contributed by atoms with Crippen LogP contribution in [-0.2, 0) is 4.79 Å². The number of urea groups is 1. The number of unbranched alkanes of at least 4 members (excludes halogenated alkanes) is 1. The molecule has 4 N–H and O–H groups in total. The van der Waals surface area contributed by atoms with E-state index in [1.807, 2.05) is 12.3 Å². The number of carbonyl (C=O) groups is 2. The fraction of sp³-hybridized carbons (Fsp3) is 0.577. The molecule has 8 nitrogen and oxygen atoms in total. The van der Waals surface area contributed by atoms with Crippen LogP contribution in [0, 0.1) is 11.8 Å². The molecule has 2 aliphatic heterocycles. The molecule has 1 aliphatic carbocycles. The molecule has 0 spiro atoms. The summed E-state index contributed by atoms with van der Waals surface area (Å²) in [6, 6.07) is 8.11. The van der Waals surface area contributed by atoms with E-state index in [0.717, 1.165) is 63.0 Å². The molecule has 1 aromatic carbocycles. The molecule has 3 amide bonds. The topological polar surface area (TPSA) is 102 Å². The lowest BCUT2D eigenvalue weighted by Crippen LogP contribution is -2.52. The molecule has 5 rings (SSSR count). The molecule has 0 radical (unpaired) electrons. The first-order valence-electron chi connectivity index (χ1n) is 12.9. The van der Waals surface area contributed by atoms with Gasteiger partial charge in [-0.3, -0.25) is 4.79 Å². The molecule has 8 heteroatoms. The molecule has 5 atom stereocenters. The van der Waals surface area contributed by atoms with Crippen LogP contribution < -0.4 is 16.0 Å². The summed E-state index contributed by atoms with van der Waals surface area (Å²) in [6.45, 7) is 3.50. The predicted molar refractivity (Wildman–Crippen MR) is 131 cm³/mol. The summed E-state index contributed by atoms with van der Waals surface area (Å²) in [5.41, 5.74) is 2.25. The van der Waals surface area contributed by atoms with Gasteiger partial charge in [0, 0.05) is 43.1 Å². The highest BCUT2D eigenvalue weighted by atomic mass is 16.2. The van der Waals surface area contributed by atoms with Gasteiger partial charge in [-0.05, 0) is 37.3 Å². The number of para-hydroxylation sites is 1. The Kier molecular flexibility index (Phi) is 6.74. The maximum atomic E-state index is 14.0. The summed E-state index contributed by atoms with van der Waals surface area (Å²) in [7, 11) is 0. The first-order chi connectivity index (χ1) is 16.7. The Labute approximate surface area is 201 Å². The first kappa shape index (κ1) is 22.7. The van der Waals surface area contributed by atoms with E-state index >= 15 is 0 Å². The van der Waals surface area contributed by atoms with Crippen LogP contribution in [0.3, 0.4) is 0 Å². The van der Waals surface area contributed by atoms with E-state index in [9.17, 15) is 9.59 Å². The average molecular weight is 465 g/mol. The minimum atomic E-state index is -0.173. The smallest absolute Gasteiger partial charge is 0.315 e. The largest absolute Gasteiger partial charge is 0.375 e.